The van der Waals surface area contributed by atoms with Crippen molar-refractivity contribution in [1.29, 1.82) is 0 Å². The molecule has 1 heterocycles. The van der Waals surface area contributed by atoms with Gasteiger partial charge in [0.25, 0.3) is 0 Å². The van der Waals surface area contributed by atoms with E-state index >= 15 is 0 Å². The summed E-state index contributed by atoms with van der Waals surface area (Å²) in [6, 6.07) is 9.92. The van der Waals surface area contributed by atoms with Crippen LogP contribution < -0.4 is 10.2 Å². The van der Waals surface area contributed by atoms with Crippen molar-refractivity contribution in [3.05, 3.63) is 48.3 Å². The standard InChI is InChI=1S/C18H23FN3O2S/c1-21-9-11-22(2,12-10-21)15-5-8-18(17(20)13-15)25(23,24)16-6-3-14(19)4-7-16/h3-8,13H,9-12,20H2,1-2H3/q+1. The average molecular weight is 364 g/mol. The molecule has 0 bridgehead atoms. The minimum atomic E-state index is -3.77. The number of piperazine rings is 1. The second kappa shape index (κ2) is 6.40. The Hall–Kier alpha value is -1.96. The van der Waals surface area contributed by atoms with Crippen LogP contribution >= 0.6 is 0 Å². The molecule has 0 aliphatic carbocycles. The van der Waals surface area contributed by atoms with E-state index in [4.69, 9.17) is 5.73 Å². The van der Waals surface area contributed by atoms with Crippen molar-refractivity contribution in [3.8, 4) is 0 Å². The maximum Gasteiger partial charge on any atom is 0.208 e. The Bertz CT molecular complexity index is 874. The predicted molar refractivity (Wildman–Crippen MR) is 97.7 cm³/mol. The summed E-state index contributed by atoms with van der Waals surface area (Å²) >= 11 is 0. The van der Waals surface area contributed by atoms with Gasteiger partial charge >= 0.3 is 0 Å². The average Bonchev–Trinajstić information content (AvgIpc) is 2.58. The first-order valence-corrected chi connectivity index (χ1v) is 9.64. The number of halogens is 1. The number of nitrogen functional groups attached to an aromatic ring is 1. The highest BCUT2D eigenvalue weighted by Crippen LogP contribution is 2.32. The number of nitrogens with zero attached hydrogens (tertiary/aromatic N) is 2. The summed E-state index contributed by atoms with van der Waals surface area (Å²) in [5.74, 6) is -0.477. The molecule has 134 valence electrons. The van der Waals surface area contributed by atoms with Crippen LogP contribution in [0.25, 0.3) is 0 Å². The van der Waals surface area contributed by atoms with Crippen molar-refractivity contribution in [2.75, 3.05) is 46.0 Å². The summed E-state index contributed by atoms with van der Waals surface area (Å²) < 4.78 is 39.3. The van der Waals surface area contributed by atoms with Crippen LogP contribution in [0.3, 0.4) is 0 Å². The van der Waals surface area contributed by atoms with Crippen molar-refractivity contribution in [2.24, 2.45) is 0 Å². The largest absolute Gasteiger partial charge is 0.397 e. The Morgan fingerprint density at radius 3 is 2.24 bits per heavy atom. The summed E-state index contributed by atoms with van der Waals surface area (Å²) in [5.41, 5.74) is 7.32. The lowest BCUT2D eigenvalue weighted by molar-refractivity contribution is 0.182. The second-order valence-electron chi connectivity index (χ2n) is 6.83. The molecule has 0 spiro atoms. The molecule has 1 saturated heterocycles. The van der Waals surface area contributed by atoms with Gasteiger partial charge in [-0.1, -0.05) is 0 Å². The zero-order valence-corrected chi connectivity index (χ0v) is 15.3. The van der Waals surface area contributed by atoms with Gasteiger partial charge in [-0.05, 0) is 37.4 Å². The molecular weight excluding hydrogens is 341 g/mol. The van der Waals surface area contributed by atoms with E-state index in [2.05, 4.69) is 19.0 Å². The fraction of sp³-hybridized carbons (Fsp3) is 0.333. The van der Waals surface area contributed by atoms with E-state index < -0.39 is 15.7 Å². The van der Waals surface area contributed by atoms with E-state index in [1.165, 1.54) is 12.1 Å². The van der Waals surface area contributed by atoms with Crippen LogP contribution in [0.4, 0.5) is 15.8 Å². The molecule has 0 saturated carbocycles. The first-order chi connectivity index (χ1) is 11.7. The quantitative estimate of drug-likeness (QED) is 0.515. The van der Waals surface area contributed by atoms with Crippen molar-refractivity contribution in [2.45, 2.75) is 9.79 Å². The first-order valence-electron chi connectivity index (χ1n) is 8.16. The molecule has 0 unspecified atom stereocenters. The SMILES string of the molecule is CN1CC[N+](C)(c2ccc(S(=O)(=O)c3ccc(F)cc3)c(N)c2)CC1. The molecule has 1 aliphatic rings. The van der Waals surface area contributed by atoms with Crippen molar-refractivity contribution in [3.63, 3.8) is 0 Å². The molecule has 0 radical (unpaired) electrons. The molecule has 3 rings (SSSR count). The van der Waals surface area contributed by atoms with Gasteiger partial charge in [-0.15, -0.1) is 0 Å². The number of nitrogens with two attached hydrogens (primary N) is 1. The van der Waals surface area contributed by atoms with E-state index in [-0.39, 0.29) is 15.5 Å². The highest BCUT2D eigenvalue weighted by molar-refractivity contribution is 7.91. The summed E-state index contributed by atoms with van der Waals surface area (Å²) in [4.78, 5) is 2.37. The van der Waals surface area contributed by atoms with E-state index in [0.29, 0.717) is 0 Å². The summed E-state index contributed by atoms with van der Waals surface area (Å²) in [6.07, 6.45) is 0. The molecule has 2 aromatic rings. The van der Waals surface area contributed by atoms with Crippen molar-refractivity contribution >= 4 is 21.2 Å². The first kappa shape index (κ1) is 17.8. The Labute approximate surface area is 148 Å². The summed E-state index contributed by atoms with van der Waals surface area (Å²) in [6.45, 7) is 3.85. The Balaban J connectivity index is 1.96. The van der Waals surface area contributed by atoms with Gasteiger partial charge < -0.3 is 5.73 Å². The van der Waals surface area contributed by atoms with E-state index in [9.17, 15) is 12.8 Å². The number of likely N-dealkylation sites (N-methyl/N-ethyl adjacent to an activating group) is 2. The number of benzene rings is 2. The van der Waals surface area contributed by atoms with Crippen molar-refractivity contribution in [1.82, 2.24) is 9.38 Å². The van der Waals surface area contributed by atoms with Crippen LogP contribution in [0.5, 0.6) is 0 Å². The molecule has 0 amide bonds. The second-order valence-corrected chi connectivity index (χ2v) is 8.74. The van der Waals surface area contributed by atoms with Crippen LogP contribution in [0.1, 0.15) is 0 Å². The molecule has 0 atom stereocenters. The number of hydrogen-bond acceptors (Lipinski definition) is 4. The molecule has 2 N–H and O–H groups in total. The van der Waals surface area contributed by atoms with Gasteiger partial charge in [0, 0.05) is 25.2 Å². The third-order valence-corrected chi connectivity index (χ3v) is 6.82. The van der Waals surface area contributed by atoms with Crippen LogP contribution in [0, 0.1) is 5.82 Å². The minimum absolute atomic E-state index is 0.0355. The van der Waals surface area contributed by atoms with E-state index in [1.807, 2.05) is 6.07 Å². The number of sulfone groups is 1. The van der Waals surface area contributed by atoms with Crippen LogP contribution in [0.2, 0.25) is 0 Å². The minimum Gasteiger partial charge on any atom is -0.397 e. The Morgan fingerprint density at radius 2 is 1.68 bits per heavy atom. The highest BCUT2D eigenvalue weighted by Gasteiger charge is 2.31. The van der Waals surface area contributed by atoms with E-state index in [1.54, 1.807) is 12.1 Å². The van der Waals surface area contributed by atoms with Gasteiger partial charge in [0.2, 0.25) is 9.84 Å². The fourth-order valence-electron chi connectivity index (χ4n) is 3.12. The zero-order chi connectivity index (χ0) is 18.2. The molecule has 7 heteroatoms. The van der Waals surface area contributed by atoms with Gasteiger partial charge in [0.1, 0.15) is 11.5 Å². The van der Waals surface area contributed by atoms with Crippen LogP contribution in [0.15, 0.2) is 52.3 Å². The number of hydrogen-bond donors (Lipinski definition) is 1. The molecule has 2 aromatic carbocycles. The summed E-state index contributed by atoms with van der Waals surface area (Å²) in [7, 11) is 0.459. The van der Waals surface area contributed by atoms with Gasteiger partial charge in [0.05, 0.1) is 35.6 Å². The maximum absolute atomic E-state index is 13.1. The van der Waals surface area contributed by atoms with Gasteiger partial charge in [-0.3, -0.25) is 9.38 Å². The number of anilines is 1. The van der Waals surface area contributed by atoms with Crippen LogP contribution in [-0.4, -0.2) is 53.6 Å². The normalized spacial score (nSPS) is 18.2. The third kappa shape index (κ3) is 3.40. The molecule has 1 fully saturated rings. The molecule has 1 aliphatic heterocycles. The lowest BCUT2D eigenvalue weighted by atomic mass is 10.2. The number of rotatable bonds is 3. The third-order valence-electron chi connectivity index (χ3n) is 4.98. The monoisotopic (exact) mass is 364 g/mol. The molecule has 0 aromatic heterocycles. The summed E-state index contributed by atoms with van der Waals surface area (Å²) in [5, 5.41) is 0. The van der Waals surface area contributed by atoms with Crippen molar-refractivity contribution < 1.29 is 12.8 Å². The molecule has 5 nitrogen and oxygen atoms in total. The predicted octanol–water partition coefficient (Wildman–Crippen LogP) is 2.12. The fourth-order valence-corrected chi connectivity index (χ4v) is 4.49. The topological polar surface area (TPSA) is 63.4 Å². The number of quaternary nitrogens is 1. The van der Waals surface area contributed by atoms with Gasteiger partial charge in [0.15, 0.2) is 0 Å². The zero-order valence-electron chi connectivity index (χ0n) is 14.4. The van der Waals surface area contributed by atoms with Crippen LogP contribution in [-0.2, 0) is 9.84 Å². The highest BCUT2D eigenvalue weighted by atomic mass is 32.2. The van der Waals surface area contributed by atoms with Gasteiger partial charge in [-0.2, -0.15) is 0 Å². The molecule has 25 heavy (non-hydrogen) atoms. The van der Waals surface area contributed by atoms with E-state index in [0.717, 1.165) is 48.5 Å². The maximum atomic E-state index is 13.1. The lowest BCUT2D eigenvalue weighted by Gasteiger charge is -2.40. The lowest BCUT2D eigenvalue weighted by Crippen LogP contribution is -2.57. The Morgan fingerprint density at radius 1 is 1.08 bits per heavy atom. The van der Waals surface area contributed by atoms with Gasteiger partial charge in [-0.25, -0.2) is 12.8 Å². The smallest absolute Gasteiger partial charge is 0.208 e. The Kier molecular flexibility index (Phi) is 4.57. The molecular formula is C18H23FN3O2S+.